The van der Waals surface area contributed by atoms with Crippen LogP contribution in [0.15, 0.2) is 17.4 Å². The number of hydrogen-bond acceptors (Lipinski definition) is 5. The number of rotatable bonds is 3. The number of methoxy groups -OCH3 is 1. The summed E-state index contributed by atoms with van der Waals surface area (Å²) in [5, 5.41) is -0.777. The summed E-state index contributed by atoms with van der Waals surface area (Å²) in [6.07, 6.45) is -3.52. The van der Waals surface area contributed by atoms with E-state index in [0.29, 0.717) is 0 Å². The summed E-state index contributed by atoms with van der Waals surface area (Å²) in [4.78, 5) is 18.1. The molecule has 0 spiro atoms. The first-order chi connectivity index (χ1) is 7.84. The molecule has 1 heterocycles. The molecule has 0 fully saturated rings. The quantitative estimate of drug-likeness (QED) is 0.476. The molecule has 17 heavy (non-hydrogen) atoms. The van der Waals surface area contributed by atoms with Crippen molar-refractivity contribution in [2.45, 2.75) is 23.5 Å². The molecule has 0 amide bonds. The minimum Gasteiger partial charge on any atom is -0.468 e. The van der Waals surface area contributed by atoms with Crippen molar-refractivity contribution in [3.8, 4) is 0 Å². The van der Waals surface area contributed by atoms with Crippen LogP contribution < -0.4 is 0 Å². The van der Waals surface area contributed by atoms with E-state index in [4.69, 9.17) is 0 Å². The highest BCUT2D eigenvalue weighted by Gasteiger charge is 2.33. The Bertz CT molecular complexity index is 411. The van der Waals surface area contributed by atoms with Gasteiger partial charge in [-0.25, -0.2) is 9.97 Å². The number of ether oxygens (including phenoxy) is 1. The minimum atomic E-state index is -4.52. The van der Waals surface area contributed by atoms with Gasteiger partial charge in [-0.15, -0.1) is 0 Å². The molecule has 0 aliphatic heterocycles. The Hall–Kier alpha value is -1.31. The number of esters is 1. The summed E-state index contributed by atoms with van der Waals surface area (Å²) in [5.41, 5.74) is -1.04. The molecule has 0 bridgehead atoms. The van der Waals surface area contributed by atoms with Gasteiger partial charge in [0.05, 0.1) is 7.11 Å². The molecule has 1 aromatic rings. The van der Waals surface area contributed by atoms with Gasteiger partial charge >= 0.3 is 12.1 Å². The van der Waals surface area contributed by atoms with Crippen LogP contribution >= 0.6 is 11.8 Å². The van der Waals surface area contributed by atoms with Crippen molar-refractivity contribution in [1.29, 1.82) is 0 Å². The van der Waals surface area contributed by atoms with Crippen molar-refractivity contribution < 1.29 is 22.7 Å². The van der Waals surface area contributed by atoms with E-state index in [9.17, 15) is 18.0 Å². The number of halogens is 3. The van der Waals surface area contributed by atoms with Gasteiger partial charge in [0, 0.05) is 6.20 Å². The Morgan fingerprint density at radius 2 is 2.18 bits per heavy atom. The predicted octanol–water partition coefficient (Wildman–Crippen LogP) is 2.15. The Labute approximate surface area is 99.6 Å². The first kappa shape index (κ1) is 13.8. The van der Waals surface area contributed by atoms with Crippen LogP contribution in [0.4, 0.5) is 13.2 Å². The van der Waals surface area contributed by atoms with Crippen LogP contribution in [-0.2, 0) is 15.7 Å². The van der Waals surface area contributed by atoms with Crippen LogP contribution in [0.5, 0.6) is 0 Å². The molecule has 8 heteroatoms. The van der Waals surface area contributed by atoms with Crippen LogP contribution in [0.1, 0.15) is 12.6 Å². The zero-order chi connectivity index (χ0) is 13.1. The molecule has 0 aliphatic rings. The van der Waals surface area contributed by atoms with E-state index in [-0.39, 0.29) is 5.16 Å². The number of carbonyl (C=O) groups is 1. The van der Waals surface area contributed by atoms with Crippen molar-refractivity contribution in [3.63, 3.8) is 0 Å². The summed E-state index contributed by atoms with van der Waals surface area (Å²) in [7, 11) is 1.20. The molecule has 0 saturated carbocycles. The molecule has 1 rings (SSSR count). The number of hydrogen-bond donors (Lipinski definition) is 0. The van der Waals surface area contributed by atoms with Crippen LogP contribution in [-0.4, -0.2) is 28.3 Å². The third-order valence-corrected chi connectivity index (χ3v) is 2.69. The van der Waals surface area contributed by atoms with Crippen LogP contribution in [0.3, 0.4) is 0 Å². The van der Waals surface area contributed by atoms with E-state index in [1.165, 1.54) is 14.0 Å². The fourth-order valence-corrected chi connectivity index (χ4v) is 1.71. The SMILES string of the molecule is COC(=O)[C@@H](C)Sc1nccc(C(F)(F)F)n1. The largest absolute Gasteiger partial charge is 0.468 e. The molecule has 1 aromatic heterocycles. The molecule has 1 atom stereocenters. The Morgan fingerprint density at radius 1 is 1.53 bits per heavy atom. The van der Waals surface area contributed by atoms with E-state index in [2.05, 4.69) is 14.7 Å². The molecule has 0 N–H and O–H groups in total. The number of alkyl halides is 3. The van der Waals surface area contributed by atoms with Gasteiger partial charge in [0.15, 0.2) is 5.16 Å². The second-order valence-corrected chi connectivity index (χ2v) is 4.31. The summed E-state index contributed by atoms with van der Waals surface area (Å²) < 4.78 is 41.5. The monoisotopic (exact) mass is 266 g/mol. The van der Waals surface area contributed by atoms with Crippen molar-refractivity contribution in [2.24, 2.45) is 0 Å². The number of aromatic nitrogens is 2. The van der Waals surface area contributed by atoms with E-state index in [1.807, 2.05) is 0 Å². The zero-order valence-electron chi connectivity index (χ0n) is 8.99. The molecular weight excluding hydrogens is 257 g/mol. The molecule has 94 valence electrons. The highest BCUT2D eigenvalue weighted by molar-refractivity contribution is 8.00. The number of thioether (sulfide) groups is 1. The lowest BCUT2D eigenvalue weighted by Crippen LogP contribution is -2.16. The molecule has 0 aliphatic carbocycles. The van der Waals surface area contributed by atoms with Gasteiger partial charge in [0.1, 0.15) is 10.9 Å². The fraction of sp³-hybridized carbons (Fsp3) is 0.444. The van der Waals surface area contributed by atoms with Crippen molar-refractivity contribution in [3.05, 3.63) is 18.0 Å². The maximum Gasteiger partial charge on any atom is 0.433 e. The lowest BCUT2D eigenvalue weighted by Gasteiger charge is -2.09. The minimum absolute atomic E-state index is 0.113. The summed E-state index contributed by atoms with van der Waals surface area (Å²) in [6.45, 7) is 1.50. The zero-order valence-corrected chi connectivity index (χ0v) is 9.80. The highest BCUT2D eigenvalue weighted by Crippen LogP contribution is 2.29. The van der Waals surface area contributed by atoms with E-state index < -0.39 is 23.1 Å². The van der Waals surface area contributed by atoms with Crippen molar-refractivity contribution in [2.75, 3.05) is 7.11 Å². The van der Waals surface area contributed by atoms with Gasteiger partial charge in [-0.3, -0.25) is 4.79 Å². The third kappa shape index (κ3) is 3.88. The number of carbonyl (C=O) groups excluding carboxylic acids is 1. The number of nitrogens with zero attached hydrogens (tertiary/aromatic N) is 2. The average Bonchev–Trinajstić information content (AvgIpc) is 2.27. The van der Waals surface area contributed by atoms with E-state index in [1.54, 1.807) is 0 Å². The van der Waals surface area contributed by atoms with Crippen molar-refractivity contribution >= 4 is 17.7 Å². The lowest BCUT2D eigenvalue weighted by molar-refractivity contribution is -0.141. The molecular formula is C9H9F3N2O2S. The first-order valence-corrected chi connectivity index (χ1v) is 5.37. The topological polar surface area (TPSA) is 52.1 Å². The molecule has 0 aromatic carbocycles. The maximum absolute atomic E-state index is 12.3. The highest BCUT2D eigenvalue weighted by atomic mass is 32.2. The smallest absolute Gasteiger partial charge is 0.433 e. The second-order valence-electron chi connectivity index (χ2n) is 3.01. The Balaban J connectivity index is 2.83. The fourth-order valence-electron chi connectivity index (χ4n) is 0.928. The van der Waals surface area contributed by atoms with Gasteiger partial charge in [-0.1, -0.05) is 11.8 Å². The Kier molecular flexibility index (Phi) is 4.33. The van der Waals surface area contributed by atoms with E-state index >= 15 is 0 Å². The molecule has 0 radical (unpaired) electrons. The maximum atomic E-state index is 12.3. The third-order valence-electron chi connectivity index (χ3n) is 1.74. The van der Waals surface area contributed by atoms with Crippen LogP contribution in [0.2, 0.25) is 0 Å². The predicted molar refractivity (Wildman–Crippen MR) is 54.4 cm³/mol. The normalized spacial score (nSPS) is 13.2. The lowest BCUT2D eigenvalue weighted by atomic mass is 10.4. The average molecular weight is 266 g/mol. The molecule has 4 nitrogen and oxygen atoms in total. The van der Waals surface area contributed by atoms with Crippen LogP contribution in [0, 0.1) is 0 Å². The summed E-state index contributed by atoms with van der Waals surface area (Å²) >= 11 is 0.810. The van der Waals surface area contributed by atoms with Crippen LogP contribution in [0.25, 0.3) is 0 Å². The first-order valence-electron chi connectivity index (χ1n) is 4.49. The second kappa shape index (κ2) is 5.35. The van der Waals surface area contributed by atoms with E-state index in [0.717, 1.165) is 24.0 Å². The van der Waals surface area contributed by atoms with Gasteiger partial charge < -0.3 is 4.74 Å². The standard InChI is InChI=1S/C9H9F3N2O2S/c1-5(7(15)16-2)17-8-13-4-3-6(14-8)9(10,11)12/h3-5H,1-2H3/t5-/m1/s1. The van der Waals surface area contributed by atoms with Gasteiger partial charge in [-0.05, 0) is 13.0 Å². The summed E-state index contributed by atoms with van der Waals surface area (Å²) in [5.74, 6) is -0.545. The van der Waals surface area contributed by atoms with Crippen molar-refractivity contribution in [1.82, 2.24) is 9.97 Å². The molecule has 0 saturated heterocycles. The van der Waals surface area contributed by atoms with Gasteiger partial charge in [-0.2, -0.15) is 13.2 Å². The van der Waals surface area contributed by atoms with Gasteiger partial charge in [0.25, 0.3) is 0 Å². The van der Waals surface area contributed by atoms with Gasteiger partial charge in [0.2, 0.25) is 0 Å². The summed E-state index contributed by atoms with van der Waals surface area (Å²) in [6, 6.07) is 0.771. The Morgan fingerprint density at radius 3 is 2.71 bits per heavy atom. The molecule has 0 unspecified atom stereocenters.